The van der Waals surface area contributed by atoms with Gasteiger partial charge in [-0.25, -0.2) is 0 Å². The van der Waals surface area contributed by atoms with Gasteiger partial charge in [-0.05, 0) is 77.9 Å². The average molecular weight is 508 g/mol. The minimum Gasteiger partial charge on any atom is -0.508 e. The summed E-state index contributed by atoms with van der Waals surface area (Å²) < 4.78 is 37.9. The second-order valence-electron chi connectivity index (χ2n) is 9.59. The molecule has 7 heteroatoms. The Hall–Kier alpha value is -3.58. The quantitative estimate of drug-likeness (QED) is 0.376. The fourth-order valence-electron chi connectivity index (χ4n) is 5.20. The average Bonchev–Trinajstić information content (AvgIpc) is 3.27. The minimum absolute atomic E-state index is 0.0845. The van der Waals surface area contributed by atoms with Crippen molar-refractivity contribution < 1.29 is 28.4 Å². The van der Waals surface area contributed by atoms with E-state index in [1.807, 2.05) is 42.5 Å². The number of aryl methyl sites for hydroxylation is 1. The smallest absolute Gasteiger partial charge is 0.178 e. The third kappa shape index (κ3) is 5.57. The van der Waals surface area contributed by atoms with E-state index in [0.717, 1.165) is 59.6 Å². The number of aromatic hydroxyl groups is 1. The molecule has 5 rings (SSSR count). The lowest BCUT2D eigenvalue weighted by molar-refractivity contribution is -0.00727. The zero-order valence-corrected chi connectivity index (χ0v) is 20.9. The van der Waals surface area contributed by atoms with Crippen molar-refractivity contribution in [1.29, 1.82) is 0 Å². The lowest BCUT2D eigenvalue weighted by Gasteiger charge is -2.18. The molecular weight excluding hydrogens is 476 g/mol. The topological polar surface area (TPSA) is 51.2 Å². The Balaban J connectivity index is 1.50. The molecule has 0 saturated carbocycles. The molecule has 2 aliphatic heterocycles. The molecule has 0 aliphatic carbocycles. The van der Waals surface area contributed by atoms with Gasteiger partial charge in [0.25, 0.3) is 0 Å². The molecule has 5 nitrogen and oxygen atoms in total. The fraction of sp³-hybridized carbons (Fsp3) is 0.333. The molecule has 0 aromatic heterocycles. The largest absolute Gasteiger partial charge is 0.508 e. The van der Waals surface area contributed by atoms with E-state index in [9.17, 15) is 14.0 Å². The first-order chi connectivity index (χ1) is 18.1. The van der Waals surface area contributed by atoms with E-state index in [2.05, 4.69) is 9.84 Å². The Labute approximate surface area is 215 Å². The van der Waals surface area contributed by atoms with E-state index in [1.165, 1.54) is 0 Å². The SMILES string of the molecule is Cc1cc2c(cc1OF)OCCC(c1cccc(O)c1)=C2c1ccc(OC2CCN(CCCF)C2)cc1. The van der Waals surface area contributed by atoms with E-state index >= 15 is 0 Å². The summed E-state index contributed by atoms with van der Waals surface area (Å²) in [6, 6.07) is 18.6. The van der Waals surface area contributed by atoms with Crippen molar-refractivity contribution >= 4 is 11.1 Å². The lowest BCUT2D eigenvalue weighted by Crippen LogP contribution is -2.26. The van der Waals surface area contributed by atoms with E-state index in [-0.39, 0.29) is 24.3 Å². The van der Waals surface area contributed by atoms with Gasteiger partial charge in [0.05, 0.1) is 13.3 Å². The Morgan fingerprint density at radius 2 is 1.92 bits per heavy atom. The summed E-state index contributed by atoms with van der Waals surface area (Å²) in [4.78, 5) is 6.30. The monoisotopic (exact) mass is 507 g/mol. The number of phenols is 1. The number of hydrogen-bond donors (Lipinski definition) is 1. The van der Waals surface area contributed by atoms with Crippen molar-refractivity contribution in [2.24, 2.45) is 0 Å². The van der Waals surface area contributed by atoms with Crippen LogP contribution >= 0.6 is 0 Å². The van der Waals surface area contributed by atoms with Crippen molar-refractivity contribution in [2.45, 2.75) is 32.3 Å². The second kappa shape index (κ2) is 11.2. The summed E-state index contributed by atoms with van der Waals surface area (Å²) in [6.45, 7) is 4.39. The molecule has 0 amide bonds. The number of nitrogens with zero attached hydrogens (tertiary/aromatic N) is 1. The summed E-state index contributed by atoms with van der Waals surface area (Å²) in [5.41, 5.74) is 5.32. The first-order valence-corrected chi connectivity index (χ1v) is 12.7. The van der Waals surface area contributed by atoms with Gasteiger partial charge in [-0.1, -0.05) is 24.3 Å². The highest BCUT2D eigenvalue weighted by Crippen LogP contribution is 2.44. The zero-order chi connectivity index (χ0) is 25.8. The molecule has 0 radical (unpaired) electrons. The Morgan fingerprint density at radius 3 is 2.68 bits per heavy atom. The Kier molecular flexibility index (Phi) is 7.60. The number of likely N-dealkylation sites (tertiary alicyclic amines) is 1. The van der Waals surface area contributed by atoms with Crippen LogP contribution in [0.15, 0.2) is 60.7 Å². The molecule has 0 bridgehead atoms. The summed E-state index contributed by atoms with van der Waals surface area (Å²) in [7, 11) is 0. The van der Waals surface area contributed by atoms with Crippen molar-refractivity contribution in [3.63, 3.8) is 0 Å². The standard InChI is InChI=1S/C30H31F2NO4/c1-20-16-27-29(18-28(20)37-32)35-15-11-26(22-4-2-5-23(34)17-22)30(27)21-6-8-24(9-7-21)36-25-10-14-33(19-25)13-3-12-31/h2,4-9,16-18,25,34H,3,10-15,19H2,1H3. The highest BCUT2D eigenvalue weighted by Gasteiger charge is 2.25. The second-order valence-corrected chi connectivity index (χ2v) is 9.59. The first-order valence-electron chi connectivity index (χ1n) is 12.7. The van der Waals surface area contributed by atoms with Gasteiger partial charge in [0.2, 0.25) is 0 Å². The number of halogens is 2. The number of alkyl halides is 1. The minimum atomic E-state index is -0.292. The number of rotatable bonds is 8. The van der Waals surface area contributed by atoms with Crippen LogP contribution in [0.3, 0.4) is 0 Å². The third-order valence-electron chi connectivity index (χ3n) is 7.02. The fourth-order valence-corrected chi connectivity index (χ4v) is 5.20. The molecule has 1 unspecified atom stereocenters. The van der Waals surface area contributed by atoms with E-state index < -0.39 is 0 Å². The van der Waals surface area contributed by atoms with Gasteiger partial charge < -0.3 is 14.6 Å². The van der Waals surface area contributed by atoms with Gasteiger partial charge in [0.1, 0.15) is 23.4 Å². The molecule has 1 atom stereocenters. The molecule has 2 heterocycles. The molecule has 3 aromatic rings. The predicted molar refractivity (Wildman–Crippen MR) is 140 cm³/mol. The highest BCUT2D eigenvalue weighted by atomic mass is 19.3. The van der Waals surface area contributed by atoms with Gasteiger partial charge in [-0.3, -0.25) is 14.2 Å². The van der Waals surface area contributed by atoms with Crippen LogP contribution in [0.25, 0.3) is 11.1 Å². The van der Waals surface area contributed by atoms with Crippen LogP contribution < -0.4 is 14.4 Å². The molecule has 37 heavy (non-hydrogen) atoms. The van der Waals surface area contributed by atoms with Gasteiger partial charge in [-0.15, -0.1) is 0 Å². The highest BCUT2D eigenvalue weighted by molar-refractivity contribution is 6.01. The normalized spacial score (nSPS) is 17.8. The van der Waals surface area contributed by atoms with Crippen molar-refractivity contribution in [3.05, 3.63) is 82.9 Å². The van der Waals surface area contributed by atoms with Crippen LogP contribution in [0.2, 0.25) is 0 Å². The third-order valence-corrected chi connectivity index (χ3v) is 7.02. The summed E-state index contributed by atoms with van der Waals surface area (Å²) >= 11 is 0. The molecule has 2 aliphatic rings. The van der Waals surface area contributed by atoms with E-state index in [1.54, 1.807) is 25.1 Å². The molecular formula is C30H31F2NO4. The molecule has 1 N–H and O–H groups in total. The van der Waals surface area contributed by atoms with Crippen LogP contribution in [0, 0.1) is 6.92 Å². The summed E-state index contributed by atoms with van der Waals surface area (Å²) in [5, 5.41) is 10.2. The van der Waals surface area contributed by atoms with Crippen molar-refractivity contribution in [1.82, 2.24) is 4.90 Å². The predicted octanol–water partition coefficient (Wildman–Crippen LogP) is 6.52. The maximum Gasteiger partial charge on any atom is 0.178 e. The van der Waals surface area contributed by atoms with Crippen LogP contribution in [0.1, 0.15) is 41.5 Å². The molecule has 1 fully saturated rings. The van der Waals surface area contributed by atoms with Gasteiger partial charge >= 0.3 is 0 Å². The van der Waals surface area contributed by atoms with E-state index in [0.29, 0.717) is 30.8 Å². The maximum atomic E-state index is 13.1. The Morgan fingerprint density at radius 1 is 1.08 bits per heavy atom. The Bertz CT molecular complexity index is 1280. The summed E-state index contributed by atoms with van der Waals surface area (Å²) in [5.74, 6) is 1.64. The van der Waals surface area contributed by atoms with Gasteiger partial charge in [0.15, 0.2) is 5.75 Å². The van der Waals surface area contributed by atoms with Crippen LogP contribution in [0.5, 0.6) is 23.0 Å². The molecule has 0 spiro atoms. The number of phenolic OH excluding ortho intramolecular Hbond substituents is 1. The molecule has 1 saturated heterocycles. The van der Waals surface area contributed by atoms with E-state index in [4.69, 9.17) is 9.47 Å². The zero-order valence-electron chi connectivity index (χ0n) is 20.9. The van der Waals surface area contributed by atoms with Crippen molar-refractivity contribution in [2.75, 3.05) is 32.9 Å². The first kappa shape index (κ1) is 25.1. The van der Waals surface area contributed by atoms with Gasteiger partial charge in [0, 0.05) is 42.2 Å². The van der Waals surface area contributed by atoms with Crippen molar-refractivity contribution in [3.8, 4) is 23.0 Å². The lowest BCUT2D eigenvalue weighted by atomic mass is 9.87. The van der Waals surface area contributed by atoms with Crippen LogP contribution in [-0.2, 0) is 0 Å². The number of fused-ring (bicyclic) bond motifs is 1. The number of ether oxygens (including phenoxy) is 2. The maximum absolute atomic E-state index is 13.1. The molecule has 194 valence electrons. The molecule has 3 aromatic carbocycles. The van der Waals surface area contributed by atoms with Crippen LogP contribution in [-0.4, -0.2) is 49.0 Å². The van der Waals surface area contributed by atoms with Gasteiger partial charge in [-0.2, -0.15) is 0 Å². The summed E-state index contributed by atoms with van der Waals surface area (Å²) in [6.07, 6.45) is 2.17. The number of hydrogen-bond acceptors (Lipinski definition) is 5. The number of benzene rings is 3. The van der Waals surface area contributed by atoms with Crippen LogP contribution in [0.4, 0.5) is 8.92 Å².